The molecular weight excluding hydrogens is 353 g/mol. The highest BCUT2D eigenvalue weighted by Gasteiger charge is 2.30. The van der Waals surface area contributed by atoms with Gasteiger partial charge in [-0.2, -0.15) is 13.2 Å². The first kappa shape index (κ1) is 17.1. The Kier molecular flexibility index (Phi) is 4.80. The van der Waals surface area contributed by atoms with Gasteiger partial charge >= 0.3 is 6.18 Å². The van der Waals surface area contributed by atoms with Crippen LogP contribution in [0.5, 0.6) is 0 Å². The topological polar surface area (TPSA) is 54.3 Å². The van der Waals surface area contributed by atoms with Crippen LogP contribution in [0.15, 0.2) is 58.5 Å². The number of carbonyl (C=O) groups is 1. The van der Waals surface area contributed by atoms with Crippen LogP contribution in [0.2, 0.25) is 0 Å². The molecule has 1 aromatic carbocycles. The Labute approximate surface area is 145 Å². The summed E-state index contributed by atoms with van der Waals surface area (Å²) in [6.07, 6.45) is -2.91. The molecule has 0 saturated heterocycles. The van der Waals surface area contributed by atoms with Gasteiger partial charge in [-0.3, -0.25) is 4.79 Å². The third-order valence-electron chi connectivity index (χ3n) is 3.35. The third kappa shape index (κ3) is 4.21. The van der Waals surface area contributed by atoms with Crippen LogP contribution in [0.1, 0.15) is 21.0 Å². The normalized spacial score (nSPS) is 11.3. The summed E-state index contributed by atoms with van der Waals surface area (Å²) in [5.74, 6) is 0.228. The molecule has 25 heavy (non-hydrogen) atoms. The minimum absolute atomic E-state index is 0.0882. The van der Waals surface area contributed by atoms with Gasteiger partial charge in [0.05, 0.1) is 24.1 Å². The van der Waals surface area contributed by atoms with Gasteiger partial charge in [-0.1, -0.05) is 6.07 Å². The van der Waals surface area contributed by atoms with Gasteiger partial charge in [-0.25, -0.2) is 0 Å². The van der Waals surface area contributed by atoms with Crippen LogP contribution in [0, 0.1) is 0 Å². The van der Waals surface area contributed by atoms with Crippen molar-refractivity contribution in [2.75, 3.05) is 10.6 Å². The minimum atomic E-state index is -4.46. The molecule has 0 spiro atoms. The van der Waals surface area contributed by atoms with Crippen molar-refractivity contribution in [2.45, 2.75) is 12.7 Å². The monoisotopic (exact) mass is 366 g/mol. The summed E-state index contributed by atoms with van der Waals surface area (Å²) >= 11 is 1.20. The lowest BCUT2D eigenvalue weighted by molar-refractivity contribution is -0.137. The standard InChI is InChI=1S/C17H13F3N2O2S/c18-17(19,20)11-3-1-4-12(9-11)22-16(23)15-14(6-8-25-15)21-10-13-5-2-7-24-13/h1-9,21H,10H2,(H,22,23). The van der Waals surface area contributed by atoms with Gasteiger partial charge < -0.3 is 15.1 Å². The van der Waals surface area contributed by atoms with Crippen LogP contribution in [0.3, 0.4) is 0 Å². The maximum absolute atomic E-state index is 12.7. The van der Waals surface area contributed by atoms with E-state index in [0.29, 0.717) is 22.9 Å². The van der Waals surface area contributed by atoms with E-state index in [1.807, 2.05) is 0 Å². The molecule has 0 bridgehead atoms. The molecular formula is C17H13F3N2O2S. The third-order valence-corrected chi connectivity index (χ3v) is 4.27. The predicted octanol–water partition coefficient (Wildman–Crippen LogP) is 5.22. The van der Waals surface area contributed by atoms with Crippen LogP contribution in [-0.4, -0.2) is 5.91 Å². The molecule has 0 unspecified atom stereocenters. The molecule has 3 rings (SSSR count). The van der Waals surface area contributed by atoms with E-state index in [2.05, 4.69) is 10.6 Å². The Hall–Kier alpha value is -2.74. The molecule has 0 fully saturated rings. The number of rotatable bonds is 5. The number of furan rings is 1. The van der Waals surface area contributed by atoms with Crippen LogP contribution >= 0.6 is 11.3 Å². The molecule has 8 heteroatoms. The highest BCUT2D eigenvalue weighted by Crippen LogP contribution is 2.31. The van der Waals surface area contributed by atoms with Gasteiger partial charge in [0.1, 0.15) is 10.6 Å². The van der Waals surface area contributed by atoms with Crippen LogP contribution in [0.25, 0.3) is 0 Å². The second-order valence-electron chi connectivity index (χ2n) is 5.13. The average molecular weight is 366 g/mol. The van der Waals surface area contributed by atoms with Crippen molar-refractivity contribution in [1.29, 1.82) is 0 Å². The minimum Gasteiger partial charge on any atom is -0.467 e. The number of thiophene rings is 1. The maximum atomic E-state index is 12.7. The molecule has 2 N–H and O–H groups in total. The van der Waals surface area contributed by atoms with Crippen LogP contribution < -0.4 is 10.6 Å². The number of anilines is 2. The molecule has 2 aromatic heterocycles. The molecule has 0 aliphatic rings. The second-order valence-corrected chi connectivity index (χ2v) is 6.05. The second kappa shape index (κ2) is 7.02. The lowest BCUT2D eigenvalue weighted by Gasteiger charge is -2.10. The summed E-state index contributed by atoms with van der Waals surface area (Å²) in [7, 11) is 0. The Bertz CT molecular complexity index is 857. The maximum Gasteiger partial charge on any atom is 0.416 e. The number of benzene rings is 1. The van der Waals surface area contributed by atoms with Crippen molar-refractivity contribution >= 4 is 28.6 Å². The highest BCUT2D eigenvalue weighted by atomic mass is 32.1. The number of alkyl halides is 3. The Morgan fingerprint density at radius 2 is 2.00 bits per heavy atom. The van der Waals surface area contributed by atoms with Crippen molar-refractivity contribution in [3.8, 4) is 0 Å². The van der Waals surface area contributed by atoms with E-state index in [9.17, 15) is 18.0 Å². The smallest absolute Gasteiger partial charge is 0.416 e. The van der Waals surface area contributed by atoms with Crippen molar-refractivity contribution in [1.82, 2.24) is 0 Å². The van der Waals surface area contributed by atoms with Gasteiger partial charge in [0.15, 0.2) is 0 Å². The average Bonchev–Trinajstić information content (AvgIpc) is 3.24. The summed E-state index contributed by atoms with van der Waals surface area (Å²) in [4.78, 5) is 12.8. The summed E-state index contributed by atoms with van der Waals surface area (Å²) < 4.78 is 43.5. The fraction of sp³-hybridized carbons (Fsp3) is 0.118. The fourth-order valence-electron chi connectivity index (χ4n) is 2.18. The van der Waals surface area contributed by atoms with E-state index in [-0.39, 0.29) is 5.69 Å². The van der Waals surface area contributed by atoms with Crippen molar-refractivity contribution < 1.29 is 22.4 Å². The number of hydrogen-bond donors (Lipinski definition) is 2. The number of nitrogens with one attached hydrogen (secondary N) is 2. The van der Waals surface area contributed by atoms with Crippen molar-refractivity contribution in [2.24, 2.45) is 0 Å². The molecule has 1 amide bonds. The van der Waals surface area contributed by atoms with E-state index in [1.165, 1.54) is 23.5 Å². The van der Waals surface area contributed by atoms with E-state index in [4.69, 9.17) is 4.42 Å². The number of amides is 1. The summed E-state index contributed by atoms with van der Waals surface area (Å²) in [5.41, 5.74) is -0.135. The largest absolute Gasteiger partial charge is 0.467 e. The number of halogens is 3. The number of hydrogen-bond acceptors (Lipinski definition) is 4. The molecule has 0 aliphatic carbocycles. The zero-order chi connectivity index (χ0) is 17.9. The molecule has 2 heterocycles. The molecule has 0 aliphatic heterocycles. The number of carbonyl (C=O) groups excluding carboxylic acids is 1. The zero-order valence-electron chi connectivity index (χ0n) is 12.8. The van der Waals surface area contributed by atoms with E-state index >= 15 is 0 Å². The first-order chi connectivity index (χ1) is 11.9. The summed E-state index contributed by atoms with van der Waals surface area (Å²) in [5, 5.41) is 7.30. The first-order valence-electron chi connectivity index (χ1n) is 7.26. The predicted molar refractivity (Wildman–Crippen MR) is 89.8 cm³/mol. The highest BCUT2D eigenvalue weighted by molar-refractivity contribution is 7.12. The van der Waals surface area contributed by atoms with Gasteiger partial charge in [0, 0.05) is 5.69 Å². The van der Waals surface area contributed by atoms with Gasteiger partial charge in [0.25, 0.3) is 5.91 Å². The molecule has 4 nitrogen and oxygen atoms in total. The lowest BCUT2D eigenvalue weighted by Crippen LogP contribution is -2.13. The van der Waals surface area contributed by atoms with Gasteiger partial charge in [0.2, 0.25) is 0 Å². The van der Waals surface area contributed by atoms with E-state index in [1.54, 1.807) is 29.8 Å². The van der Waals surface area contributed by atoms with Crippen LogP contribution in [0.4, 0.5) is 24.5 Å². The molecule has 130 valence electrons. The zero-order valence-corrected chi connectivity index (χ0v) is 13.6. The Balaban J connectivity index is 1.71. The molecule has 0 radical (unpaired) electrons. The van der Waals surface area contributed by atoms with E-state index in [0.717, 1.165) is 12.1 Å². The first-order valence-corrected chi connectivity index (χ1v) is 8.14. The summed E-state index contributed by atoms with van der Waals surface area (Å²) in [6.45, 7) is 0.396. The lowest BCUT2D eigenvalue weighted by atomic mass is 10.2. The van der Waals surface area contributed by atoms with E-state index < -0.39 is 17.6 Å². The molecule has 0 saturated carbocycles. The Morgan fingerprint density at radius 3 is 2.72 bits per heavy atom. The summed E-state index contributed by atoms with van der Waals surface area (Å²) in [6, 6.07) is 9.81. The Morgan fingerprint density at radius 1 is 1.16 bits per heavy atom. The fourth-order valence-corrected chi connectivity index (χ4v) is 2.95. The van der Waals surface area contributed by atoms with Gasteiger partial charge in [-0.05, 0) is 41.8 Å². The van der Waals surface area contributed by atoms with Crippen molar-refractivity contribution in [3.05, 3.63) is 70.3 Å². The molecule has 3 aromatic rings. The quantitative estimate of drug-likeness (QED) is 0.651. The molecule has 0 atom stereocenters. The van der Waals surface area contributed by atoms with Gasteiger partial charge in [-0.15, -0.1) is 11.3 Å². The van der Waals surface area contributed by atoms with Crippen LogP contribution in [-0.2, 0) is 12.7 Å². The van der Waals surface area contributed by atoms with Crippen molar-refractivity contribution in [3.63, 3.8) is 0 Å². The SMILES string of the molecule is O=C(Nc1cccc(C(F)(F)F)c1)c1sccc1NCc1ccco1.